The zero-order chi connectivity index (χ0) is 21.1. The van der Waals surface area contributed by atoms with Crippen molar-refractivity contribution in [2.45, 2.75) is 33.6 Å². The third-order valence-corrected chi connectivity index (χ3v) is 6.44. The summed E-state index contributed by atoms with van der Waals surface area (Å²) < 4.78 is 36.5. The fraction of sp³-hybridized carbons (Fsp3) is 0.650. The smallest absolute Gasteiger partial charge is 0.214 e. The first kappa shape index (κ1) is 23.3. The summed E-state index contributed by atoms with van der Waals surface area (Å²) in [5.41, 5.74) is 1.14. The molecule has 0 radical (unpaired) electrons. The lowest BCUT2D eigenvalue weighted by atomic mass is 10.1. The number of guanidine groups is 1. The van der Waals surface area contributed by atoms with E-state index in [-0.39, 0.29) is 5.75 Å². The lowest BCUT2D eigenvalue weighted by molar-refractivity contribution is 0.287. The number of nitrogens with zero attached hydrogens (tertiary/aromatic N) is 2. The molecule has 0 aromatic heterocycles. The molecular weight excluding hydrogens is 392 g/mol. The van der Waals surface area contributed by atoms with Crippen molar-refractivity contribution in [1.82, 2.24) is 14.9 Å². The Hall–Kier alpha value is -2.00. The molecule has 1 aliphatic rings. The molecule has 2 rings (SSSR count). The molecule has 0 atom stereocenters. The minimum atomic E-state index is -3.07. The van der Waals surface area contributed by atoms with E-state index in [0.717, 1.165) is 30.0 Å². The predicted molar refractivity (Wildman–Crippen MR) is 116 cm³/mol. The molecule has 164 valence electrons. The van der Waals surface area contributed by atoms with E-state index in [1.807, 2.05) is 39.0 Å². The van der Waals surface area contributed by atoms with Gasteiger partial charge < -0.3 is 20.1 Å². The highest BCUT2D eigenvalue weighted by molar-refractivity contribution is 7.89. The summed E-state index contributed by atoms with van der Waals surface area (Å²) in [5, 5.41) is 6.50. The molecule has 1 aromatic carbocycles. The first-order valence-electron chi connectivity index (χ1n) is 10.4. The first-order valence-corrected chi connectivity index (χ1v) is 12.0. The van der Waals surface area contributed by atoms with Crippen LogP contribution >= 0.6 is 0 Å². The summed E-state index contributed by atoms with van der Waals surface area (Å²) in [7, 11) is -3.07. The topological polar surface area (TPSA) is 92.3 Å². The Labute approximate surface area is 174 Å². The zero-order valence-electron chi connectivity index (χ0n) is 17.7. The number of aliphatic imine (C=N–C) groups is 1. The van der Waals surface area contributed by atoms with Crippen molar-refractivity contribution >= 4 is 16.0 Å². The average Bonchev–Trinajstić information content (AvgIpc) is 3.02. The van der Waals surface area contributed by atoms with Crippen LogP contribution in [0, 0.1) is 0 Å². The summed E-state index contributed by atoms with van der Waals surface area (Å²) in [6.07, 6.45) is 1.51. The molecule has 0 bridgehead atoms. The molecule has 9 heteroatoms. The lowest BCUT2D eigenvalue weighted by Crippen LogP contribution is -2.39. The summed E-state index contributed by atoms with van der Waals surface area (Å²) in [5.74, 6) is 2.47. The van der Waals surface area contributed by atoms with Crippen molar-refractivity contribution in [2.24, 2.45) is 4.99 Å². The van der Waals surface area contributed by atoms with E-state index in [1.54, 1.807) is 0 Å². The number of sulfonamides is 1. The maximum Gasteiger partial charge on any atom is 0.214 e. The molecule has 1 aliphatic heterocycles. The highest BCUT2D eigenvalue weighted by Crippen LogP contribution is 2.28. The predicted octanol–water partition coefficient (Wildman–Crippen LogP) is 1.62. The summed E-state index contributed by atoms with van der Waals surface area (Å²) >= 11 is 0. The Kier molecular flexibility index (Phi) is 9.53. The quantitative estimate of drug-likeness (QED) is 0.413. The van der Waals surface area contributed by atoms with Gasteiger partial charge >= 0.3 is 0 Å². The maximum absolute atomic E-state index is 11.9. The van der Waals surface area contributed by atoms with Gasteiger partial charge in [0.1, 0.15) is 0 Å². The van der Waals surface area contributed by atoms with Crippen LogP contribution in [0.2, 0.25) is 0 Å². The number of rotatable bonds is 11. The molecule has 0 saturated carbocycles. The summed E-state index contributed by atoms with van der Waals surface area (Å²) in [6, 6.07) is 6.00. The second-order valence-electron chi connectivity index (χ2n) is 6.65. The van der Waals surface area contributed by atoms with Crippen LogP contribution < -0.4 is 20.1 Å². The maximum atomic E-state index is 11.9. The molecule has 0 amide bonds. The number of ether oxygens (including phenoxy) is 2. The van der Waals surface area contributed by atoms with E-state index in [1.165, 1.54) is 4.31 Å². The molecule has 2 N–H and O–H groups in total. The second kappa shape index (κ2) is 11.9. The molecule has 0 aliphatic carbocycles. The van der Waals surface area contributed by atoms with Crippen molar-refractivity contribution in [1.29, 1.82) is 0 Å². The van der Waals surface area contributed by atoms with Gasteiger partial charge in [-0.2, -0.15) is 0 Å². The van der Waals surface area contributed by atoms with E-state index in [2.05, 4.69) is 15.6 Å². The van der Waals surface area contributed by atoms with Crippen molar-refractivity contribution in [2.75, 3.05) is 51.7 Å². The number of hydrogen-bond donors (Lipinski definition) is 2. The average molecular weight is 427 g/mol. The molecule has 8 nitrogen and oxygen atoms in total. The van der Waals surface area contributed by atoms with Gasteiger partial charge in [0.2, 0.25) is 10.0 Å². The highest BCUT2D eigenvalue weighted by atomic mass is 32.2. The van der Waals surface area contributed by atoms with E-state index >= 15 is 0 Å². The lowest BCUT2D eigenvalue weighted by Gasteiger charge is -2.15. The SMILES string of the molecule is CCNC(=NCCN1CCCS1(=O)=O)NCCc1ccc(OCC)c(OCC)c1. The molecule has 1 fully saturated rings. The van der Waals surface area contributed by atoms with Gasteiger partial charge in [0.15, 0.2) is 17.5 Å². The van der Waals surface area contributed by atoms with Crippen LogP contribution in [0.5, 0.6) is 11.5 Å². The van der Waals surface area contributed by atoms with Gasteiger partial charge in [-0.05, 0) is 51.3 Å². The third-order valence-electron chi connectivity index (χ3n) is 4.48. The largest absolute Gasteiger partial charge is 0.490 e. The third kappa shape index (κ3) is 7.40. The number of benzene rings is 1. The van der Waals surface area contributed by atoms with Gasteiger partial charge in [-0.15, -0.1) is 0 Å². The molecular formula is C20H34N4O4S. The van der Waals surface area contributed by atoms with Crippen LogP contribution in [0.3, 0.4) is 0 Å². The van der Waals surface area contributed by atoms with Crippen molar-refractivity contribution in [3.05, 3.63) is 23.8 Å². The van der Waals surface area contributed by atoms with Gasteiger partial charge in [-0.3, -0.25) is 4.99 Å². The van der Waals surface area contributed by atoms with E-state index in [0.29, 0.717) is 51.8 Å². The number of nitrogens with one attached hydrogen (secondary N) is 2. The van der Waals surface area contributed by atoms with Crippen LogP contribution in [0.15, 0.2) is 23.2 Å². The van der Waals surface area contributed by atoms with E-state index in [4.69, 9.17) is 9.47 Å². The fourth-order valence-electron chi connectivity index (χ4n) is 3.13. The summed E-state index contributed by atoms with van der Waals surface area (Å²) in [4.78, 5) is 4.50. The van der Waals surface area contributed by atoms with Gasteiger partial charge in [-0.1, -0.05) is 6.07 Å². The Morgan fingerprint density at radius 1 is 1.14 bits per heavy atom. The molecule has 1 heterocycles. The minimum Gasteiger partial charge on any atom is -0.490 e. The Bertz CT molecular complexity index is 768. The van der Waals surface area contributed by atoms with Crippen molar-refractivity contribution < 1.29 is 17.9 Å². The molecule has 1 saturated heterocycles. The van der Waals surface area contributed by atoms with Crippen LogP contribution in [0.25, 0.3) is 0 Å². The zero-order valence-corrected chi connectivity index (χ0v) is 18.6. The van der Waals surface area contributed by atoms with Gasteiger partial charge in [0, 0.05) is 26.2 Å². The van der Waals surface area contributed by atoms with Crippen molar-refractivity contribution in [3.63, 3.8) is 0 Å². The van der Waals surface area contributed by atoms with E-state index in [9.17, 15) is 8.42 Å². The van der Waals surface area contributed by atoms with Crippen LogP contribution in [-0.4, -0.2) is 70.4 Å². The molecule has 29 heavy (non-hydrogen) atoms. The van der Waals surface area contributed by atoms with Gasteiger partial charge in [0.25, 0.3) is 0 Å². The normalized spacial score (nSPS) is 16.6. The highest BCUT2D eigenvalue weighted by Gasteiger charge is 2.27. The monoisotopic (exact) mass is 426 g/mol. The van der Waals surface area contributed by atoms with E-state index < -0.39 is 10.0 Å². The minimum absolute atomic E-state index is 0.251. The Morgan fingerprint density at radius 3 is 2.55 bits per heavy atom. The van der Waals surface area contributed by atoms with Gasteiger partial charge in [0.05, 0.1) is 25.5 Å². The van der Waals surface area contributed by atoms with Crippen LogP contribution in [0.1, 0.15) is 32.8 Å². The first-order chi connectivity index (χ1) is 14.0. The Balaban J connectivity index is 1.87. The number of hydrogen-bond acceptors (Lipinski definition) is 5. The fourth-order valence-corrected chi connectivity index (χ4v) is 4.65. The van der Waals surface area contributed by atoms with Gasteiger partial charge in [-0.25, -0.2) is 12.7 Å². The van der Waals surface area contributed by atoms with Crippen LogP contribution in [-0.2, 0) is 16.4 Å². The molecule has 0 spiro atoms. The standard InChI is InChI=1S/C20H34N4O4S/c1-4-21-20(23-12-14-24-13-7-15-29(24,25)26)22-11-10-17-8-9-18(27-5-2)19(16-17)28-6-3/h8-9,16H,4-7,10-15H2,1-3H3,(H2,21,22,23). The summed E-state index contributed by atoms with van der Waals surface area (Å²) in [6.45, 7) is 10.0. The molecule has 0 unspecified atom stereocenters. The second-order valence-corrected chi connectivity index (χ2v) is 8.74. The van der Waals surface area contributed by atoms with Crippen LogP contribution in [0.4, 0.5) is 0 Å². The van der Waals surface area contributed by atoms with Crippen molar-refractivity contribution in [3.8, 4) is 11.5 Å². The molecule has 1 aromatic rings. The Morgan fingerprint density at radius 2 is 1.90 bits per heavy atom.